The molecule has 1 aliphatic rings. The first-order valence-electron chi connectivity index (χ1n) is 5.80. The number of aromatic nitrogens is 2. The number of nitrogens with one attached hydrogen (secondary N) is 2. The number of hydrogen-bond acceptors (Lipinski definition) is 5. The molecule has 1 fully saturated rings. The fourth-order valence-electron chi connectivity index (χ4n) is 1.91. The van der Waals surface area contributed by atoms with Gasteiger partial charge >= 0.3 is 0 Å². The molecule has 1 saturated heterocycles. The Morgan fingerprint density at radius 3 is 3.00 bits per heavy atom. The van der Waals surface area contributed by atoms with Crippen molar-refractivity contribution >= 4 is 21.8 Å². The molecule has 0 amide bonds. The standard InChI is InChI=1S/C10H17N3O3S2/c1-7-9(6-14)10(13-12-7)18(15,16)11-5-8-3-2-4-17-8/h8,11,14H,2-6H2,1H3,(H,12,13). The lowest BCUT2D eigenvalue weighted by molar-refractivity contribution is 0.277. The number of hydrogen-bond donors (Lipinski definition) is 3. The fraction of sp³-hybridized carbons (Fsp3) is 0.700. The van der Waals surface area contributed by atoms with Crippen LogP contribution in [0.15, 0.2) is 5.03 Å². The number of rotatable bonds is 5. The maximum atomic E-state index is 12.1. The highest BCUT2D eigenvalue weighted by molar-refractivity contribution is 8.00. The molecule has 0 bridgehead atoms. The van der Waals surface area contributed by atoms with Gasteiger partial charge in [-0.1, -0.05) is 0 Å². The molecule has 0 saturated carbocycles. The lowest BCUT2D eigenvalue weighted by atomic mass is 10.2. The Balaban J connectivity index is 2.09. The summed E-state index contributed by atoms with van der Waals surface area (Å²) in [5.74, 6) is 1.09. The highest BCUT2D eigenvalue weighted by Gasteiger charge is 2.25. The van der Waals surface area contributed by atoms with Gasteiger partial charge in [0.1, 0.15) is 0 Å². The third kappa shape index (κ3) is 2.87. The summed E-state index contributed by atoms with van der Waals surface area (Å²) in [5.41, 5.74) is 0.912. The van der Waals surface area contributed by atoms with Crippen LogP contribution in [0.3, 0.4) is 0 Å². The van der Waals surface area contributed by atoms with E-state index in [0.717, 1.165) is 18.6 Å². The Morgan fingerprint density at radius 1 is 1.61 bits per heavy atom. The van der Waals surface area contributed by atoms with Gasteiger partial charge < -0.3 is 5.11 Å². The van der Waals surface area contributed by atoms with E-state index in [1.54, 1.807) is 18.7 Å². The van der Waals surface area contributed by atoms with E-state index in [1.165, 1.54) is 0 Å². The van der Waals surface area contributed by atoms with E-state index in [9.17, 15) is 13.5 Å². The Kier molecular flexibility index (Phi) is 4.31. The second kappa shape index (κ2) is 5.60. The van der Waals surface area contributed by atoms with Crippen LogP contribution in [0.4, 0.5) is 0 Å². The molecule has 0 radical (unpaired) electrons. The SMILES string of the molecule is Cc1[nH]nc(S(=O)(=O)NCC2CCCS2)c1CO. The van der Waals surface area contributed by atoms with Crippen LogP contribution in [0.25, 0.3) is 0 Å². The molecular weight excluding hydrogens is 274 g/mol. The van der Waals surface area contributed by atoms with Gasteiger partial charge in [-0.05, 0) is 25.5 Å². The highest BCUT2D eigenvalue weighted by Crippen LogP contribution is 2.26. The van der Waals surface area contributed by atoms with Gasteiger partial charge in [0.2, 0.25) is 0 Å². The van der Waals surface area contributed by atoms with Crippen LogP contribution < -0.4 is 4.72 Å². The minimum Gasteiger partial charge on any atom is -0.392 e. The van der Waals surface area contributed by atoms with Crippen LogP contribution in [0.1, 0.15) is 24.1 Å². The summed E-state index contributed by atoms with van der Waals surface area (Å²) in [5, 5.41) is 15.8. The molecule has 0 spiro atoms. The number of aliphatic hydroxyl groups is 1. The molecule has 102 valence electrons. The average Bonchev–Trinajstić information content (AvgIpc) is 2.95. The maximum Gasteiger partial charge on any atom is 0.260 e. The number of H-pyrrole nitrogens is 1. The van der Waals surface area contributed by atoms with E-state index < -0.39 is 10.0 Å². The van der Waals surface area contributed by atoms with Crippen LogP contribution in [-0.2, 0) is 16.6 Å². The molecule has 1 aromatic heterocycles. The largest absolute Gasteiger partial charge is 0.392 e. The van der Waals surface area contributed by atoms with Crippen LogP contribution in [0.5, 0.6) is 0 Å². The van der Waals surface area contributed by atoms with Crippen molar-refractivity contribution < 1.29 is 13.5 Å². The van der Waals surface area contributed by atoms with E-state index in [4.69, 9.17) is 0 Å². The Morgan fingerprint density at radius 2 is 2.39 bits per heavy atom. The summed E-state index contributed by atoms with van der Waals surface area (Å²) in [6.07, 6.45) is 2.18. The minimum absolute atomic E-state index is 0.0921. The van der Waals surface area contributed by atoms with E-state index >= 15 is 0 Å². The van der Waals surface area contributed by atoms with Crippen molar-refractivity contribution in [2.75, 3.05) is 12.3 Å². The summed E-state index contributed by atoms with van der Waals surface area (Å²) in [4.78, 5) is 0. The average molecular weight is 291 g/mol. The van der Waals surface area contributed by atoms with Crippen molar-refractivity contribution in [1.82, 2.24) is 14.9 Å². The smallest absolute Gasteiger partial charge is 0.260 e. The molecule has 8 heteroatoms. The summed E-state index contributed by atoms with van der Waals surface area (Å²) in [7, 11) is -3.64. The molecule has 1 aromatic rings. The maximum absolute atomic E-state index is 12.1. The van der Waals surface area contributed by atoms with Gasteiger partial charge in [-0.15, -0.1) is 0 Å². The van der Waals surface area contributed by atoms with E-state index in [1.807, 2.05) is 0 Å². The van der Waals surface area contributed by atoms with Gasteiger partial charge in [-0.25, -0.2) is 13.1 Å². The van der Waals surface area contributed by atoms with Crippen LogP contribution in [0, 0.1) is 6.92 Å². The number of nitrogens with zero attached hydrogens (tertiary/aromatic N) is 1. The second-order valence-corrected chi connectivity index (χ2v) is 7.37. The first kappa shape index (κ1) is 13.9. The van der Waals surface area contributed by atoms with Crippen LogP contribution in [0.2, 0.25) is 0 Å². The van der Waals surface area contributed by atoms with Crippen LogP contribution >= 0.6 is 11.8 Å². The van der Waals surface area contributed by atoms with Crippen molar-refractivity contribution in [3.8, 4) is 0 Å². The third-order valence-electron chi connectivity index (χ3n) is 2.97. The summed E-state index contributed by atoms with van der Waals surface area (Å²) >= 11 is 1.79. The zero-order chi connectivity index (χ0) is 13.2. The van der Waals surface area contributed by atoms with Gasteiger partial charge in [-0.2, -0.15) is 16.9 Å². The van der Waals surface area contributed by atoms with Gasteiger partial charge in [0, 0.05) is 23.1 Å². The normalized spacial score (nSPS) is 20.4. The van der Waals surface area contributed by atoms with E-state index in [0.29, 0.717) is 23.1 Å². The van der Waals surface area contributed by atoms with Crippen molar-refractivity contribution in [3.63, 3.8) is 0 Å². The van der Waals surface area contributed by atoms with Crippen molar-refractivity contribution in [3.05, 3.63) is 11.3 Å². The van der Waals surface area contributed by atoms with E-state index in [-0.39, 0.29) is 11.6 Å². The first-order valence-corrected chi connectivity index (χ1v) is 8.33. The number of aromatic amines is 1. The number of aliphatic hydroxyl groups excluding tert-OH is 1. The summed E-state index contributed by atoms with van der Waals surface area (Å²) in [6, 6.07) is 0. The summed E-state index contributed by atoms with van der Waals surface area (Å²) < 4.78 is 26.7. The predicted octanol–water partition coefficient (Wildman–Crippen LogP) is 0.384. The summed E-state index contributed by atoms with van der Waals surface area (Å²) in [6.45, 7) is 1.77. The molecule has 6 nitrogen and oxygen atoms in total. The van der Waals surface area contributed by atoms with Gasteiger partial charge in [0.15, 0.2) is 5.03 Å². The lowest BCUT2D eigenvalue weighted by Gasteiger charge is -2.10. The van der Waals surface area contributed by atoms with Crippen LogP contribution in [-0.4, -0.2) is 41.3 Å². The van der Waals surface area contributed by atoms with Crippen molar-refractivity contribution in [2.24, 2.45) is 0 Å². The molecule has 2 heterocycles. The van der Waals surface area contributed by atoms with Crippen molar-refractivity contribution in [2.45, 2.75) is 36.6 Å². The molecule has 0 aliphatic carbocycles. The fourth-order valence-corrected chi connectivity index (χ4v) is 4.49. The van der Waals surface area contributed by atoms with Gasteiger partial charge in [-0.3, -0.25) is 5.10 Å². The van der Waals surface area contributed by atoms with Gasteiger partial charge in [0.25, 0.3) is 10.0 Å². The Labute approximate surface area is 111 Å². The Bertz CT molecular complexity index is 506. The minimum atomic E-state index is -3.64. The van der Waals surface area contributed by atoms with Gasteiger partial charge in [0.05, 0.1) is 6.61 Å². The molecule has 1 atom stereocenters. The molecule has 1 aliphatic heterocycles. The second-order valence-electron chi connectivity index (χ2n) is 4.28. The molecule has 3 N–H and O–H groups in total. The number of aryl methyl sites for hydroxylation is 1. The molecule has 0 aromatic carbocycles. The quantitative estimate of drug-likeness (QED) is 0.729. The van der Waals surface area contributed by atoms with E-state index in [2.05, 4.69) is 14.9 Å². The monoisotopic (exact) mass is 291 g/mol. The lowest BCUT2D eigenvalue weighted by Crippen LogP contribution is -2.30. The predicted molar refractivity (Wildman–Crippen MR) is 69.9 cm³/mol. The Hall–Kier alpha value is -0.570. The van der Waals surface area contributed by atoms with Crippen molar-refractivity contribution in [1.29, 1.82) is 0 Å². The number of thioether (sulfide) groups is 1. The molecular formula is C10H17N3O3S2. The third-order valence-corrected chi connectivity index (χ3v) is 5.77. The molecule has 18 heavy (non-hydrogen) atoms. The first-order chi connectivity index (χ1) is 8.54. The topological polar surface area (TPSA) is 95.1 Å². The highest BCUT2D eigenvalue weighted by atomic mass is 32.2. The zero-order valence-corrected chi connectivity index (χ0v) is 11.8. The molecule has 1 unspecified atom stereocenters. The number of sulfonamides is 1. The zero-order valence-electron chi connectivity index (χ0n) is 10.1. The molecule has 2 rings (SSSR count).